The minimum Gasteiger partial charge on any atom is -0.329 e. The van der Waals surface area contributed by atoms with Gasteiger partial charge in [-0.3, -0.25) is 13.6 Å². The number of quaternary nitrogens is 1. The van der Waals surface area contributed by atoms with Crippen LogP contribution in [-0.2, 0) is 10.4 Å². The Kier molecular flexibility index (Phi) is 5.22. The second-order valence-corrected chi connectivity index (χ2v) is 4.39. The second kappa shape index (κ2) is 5.45. The lowest BCUT2D eigenvalue weighted by atomic mass is 10.4. The standard InChI is InChI=1S/C8H17N2.H2O4S/c1-4-10(5-2)7-6-9(3)8-10;1-5(2,3)4/h6-7H,4-5,8H2,1-3H3;(H2,1,2,3,4)/q+1;. The molecule has 0 atom stereocenters. The van der Waals surface area contributed by atoms with Gasteiger partial charge in [0.05, 0.1) is 19.3 Å². The van der Waals surface area contributed by atoms with E-state index in [-0.39, 0.29) is 0 Å². The Morgan fingerprint density at radius 2 is 1.73 bits per heavy atom. The lowest BCUT2D eigenvalue weighted by Crippen LogP contribution is -2.43. The van der Waals surface area contributed by atoms with Crippen LogP contribution < -0.4 is 0 Å². The number of hydrogen-bond donors (Lipinski definition) is 2. The first kappa shape index (κ1) is 14.4. The molecule has 0 aromatic carbocycles. The molecule has 0 aromatic rings. The van der Waals surface area contributed by atoms with Crippen LogP contribution in [0.2, 0.25) is 0 Å². The molecule has 0 fully saturated rings. The molecule has 0 saturated heterocycles. The first-order chi connectivity index (χ1) is 6.72. The Balaban J connectivity index is 0.000000336. The van der Waals surface area contributed by atoms with Gasteiger partial charge in [-0.15, -0.1) is 0 Å². The van der Waals surface area contributed by atoms with Crippen molar-refractivity contribution in [2.45, 2.75) is 13.8 Å². The maximum Gasteiger partial charge on any atom is 0.394 e. The molecule has 90 valence electrons. The van der Waals surface area contributed by atoms with Crippen molar-refractivity contribution in [2.24, 2.45) is 0 Å². The third-order valence-electron chi connectivity index (χ3n) is 2.40. The van der Waals surface area contributed by atoms with Gasteiger partial charge in [0.15, 0.2) is 6.67 Å². The third kappa shape index (κ3) is 6.45. The molecule has 0 aromatic heterocycles. The molecule has 0 radical (unpaired) electrons. The summed E-state index contributed by atoms with van der Waals surface area (Å²) in [6, 6.07) is 0. The van der Waals surface area contributed by atoms with Gasteiger partial charge in [-0.1, -0.05) is 0 Å². The van der Waals surface area contributed by atoms with Crippen molar-refractivity contribution < 1.29 is 22.0 Å². The lowest BCUT2D eigenvalue weighted by molar-refractivity contribution is -0.877. The number of nitrogens with zero attached hydrogens (tertiary/aromatic N) is 2. The van der Waals surface area contributed by atoms with E-state index in [4.69, 9.17) is 17.5 Å². The molecule has 0 saturated carbocycles. The summed E-state index contributed by atoms with van der Waals surface area (Å²) in [5.74, 6) is 0. The Labute approximate surface area is 91.0 Å². The molecule has 2 N–H and O–H groups in total. The van der Waals surface area contributed by atoms with Gasteiger partial charge in [0.2, 0.25) is 0 Å². The Hall–Kier alpha value is -0.630. The smallest absolute Gasteiger partial charge is 0.329 e. The van der Waals surface area contributed by atoms with E-state index >= 15 is 0 Å². The summed E-state index contributed by atoms with van der Waals surface area (Å²) >= 11 is 0. The van der Waals surface area contributed by atoms with Gasteiger partial charge in [0, 0.05) is 7.05 Å². The van der Waals surface area contributed by atoms with Crippen LogP contribution in [0.25, 0.3) is 0 Å². The van der Waals surface area contributed by atoms with Gasteiger partial charge in [-0.25, -0.2) is 0 Å². The van der Waals surface area contributed by atoms with Crippen molar-refractivity contribution in [3.63, 3.8) is 0 Å². The lowest BCUT2D eigenvalue weighted by Gasteiger charge is -2.29. The van der Waals surface area contributed by atoms with Crippen molar-refractivity contribution in [1.29, 1.82) is 0 Å². The minimum absolute atomic E-state index is 1.12. The highest BCUT2D eigenvalue weighted by Gasteiger charge is 2.25. The zero-order chi connectivity index (χ0) is 12.1. The zero-order valence-electron chi connectivity index (χ0n) is 9.29. The van der Waals surface area contributed by atoms with E-state index in [2.05, 4.69) is 38.2 Å². The van der Waals surface area contributed by atoms with E-state index in [0.717, 1.165) is 11.2 Å². The fourth-order valence-electron chi connectivity index (χ4n) is 1.43. The predicted molar refractivity (Wildman–Crippen MR) is 57.3 cm³/mol. The Morgan fingerprint density at radius 1 is 1.33 bits per heavy atom. The van der Waals surface area contributed by atoms with Crippen LogP contribution >= 0.6 is 0 Å². The highest BCUT2D eigenvalue weighted by molar-refractivity contribution is 7.79. The van der Waals surface area contributed by atoms with Gasteiger partial charge >= 0.3 is 10.4 Å². The average Bonchev–Trinajstić information content (AvgIpc) is 2.45. The minimum atomic E-state index is -4.67. The molecular weight excluding hydrogens is 220 g/mol. The van der Waals surface area contributed by atoms with Gasteiger partial charge < -0.3 is 4.90 Å². The van der Waals surface area contributed by atoms with Gasteiger partial charge in [-0.05, 0) is 13.8 Å². The summed E-state index contributed by atoms with van der Waals surface area (Å²) in [6.07, 6.45) is 4.47. The molecule has 1 rings (SSSR count). The molecule has 1 aliphatic heterocycles. The van der Waals surface area contributed by atoms with Gasteiger partial charge in [0.1, 0.15) is 6.20 Å². The summed E-state index contributed by atoms with van der Waals surface area (Å²) in [4.78, 5) is 2.24. The van der Waals surface area contributed by atoms with E-state index in [1.165, 1.54) is 13.1 Å². The molecule has 0 bridgehead atoms. The average molecular weight is 239 g/mol. The quantitative estimate of drug-likeness (QED) is 0.544. The van der Waals surface area contributed by atoms with Gasteiger partial charge in [-0.2, -0.15) is 8.42 Å². The Morgan fingerprint density at radius 3 is 1.87 bits per heavy atom. The molecule has 6 nitrogen and oxygen atoms in total. The van der Waals surface area contributed by atoms with Crippen molar-refractivity contribution in [3.8, 4) is 0 Å². The summed E-state index contributed by atoms with van der Waals surface area (Å²) in [6.45, 7) is 8.04. The van der Waals surface area contributed by atoms with Crippen LogP contribution in [0.4, 0.5) is 0 Å². The Bertz CT molecular complexity index is 301. The predicted octanol–water partition coefficient (Wildman–Crippen LogP) is 0.564. The van der Waals surface area contributed by atoms with Crippen molar-refractivity contribution >= 4 is 10.4 Å². The second-order valence-electron chi connectivity index (χ2n) is 3.50. The van der Waals surface area contributed by atoms with Crippen LogP contribution in [0, 0.1) is 0 Å². The largest absolute Gasteiger partial charge is 0.394 e. The summed E-state index contributed by atoms with van der Waals surface area (Å²) in [5, 5.41) is 0. The van der Waals surface area contributed by atoms with Crippen LogP contribution in [0.5, 0.6) is 0 Å². The molecule has 0 aliphatic carbocycles. The third-order valence-corrected chi connectivity index (χ3v) is 2.40. The van der Waals surface area contributed by atoms with Crippen LogP contribution in [0.3, 0.4) is 0 Å². The maximum absolute atomic E-state index is 8.74. The molecular formula is C8H19N2O4S+. The topological polar surface area (TPSA) is 77.8 Å². The summed E-state index contributed by atoms with van der Waals surface area (Å²) in [5.41, 5.74) is 0. The first-order valence-electron chi connectivity index (χ1n) is 4.67. The van der Waals surface area contributed by atoms with E-state index < -0.39 is 10.4 Å². The zero-order valence-corrected chi connectivity index (χ0v) is 10.1. The van der Waals surface area contributed by atoms with Crippen molar-refractivity contribution in [2.75, 3.05) is 26.8 Å². The van der Waals surface area contributed by atoms with Crippen LogP contribution in [0.1, 0.15) is 13.8 Å². The van der Waals surface area contributed by atoms with Crippen molar-refractivity contribution in [3.05, 3.63) is 12.4 Å². The maximum atomic E-state index is 8.74. The molecule has 1 aliphatic rings. The summed E-state index contributed by atoms with van der Waals surface area (Å²) < 4.78 is 32.7. The fourth-order valence-corrected chi connectivity index (χ4v) is 1.43. The highest BCUT2D eigenvalue weighted by atomic mass is 32.3. The fraction of sp³-hybridized carbons (Fsp3) is 0.750. The summed E-state index contributed by atoms with van der Waals surface area (Å²) in [7, 11) is -2.54. The molecule has 7 heteroatoms. The van der Waals surface area contributed by atoms with E-state index in [1.807, 2.05) is 0 Å². The molecule has 1 heterocycles. The van der Waals surface area contributed by atoms with E-state index in [1.54, 1.807) is 0 Å². The monoisotopic (exact) mass is 239 g/mol. The highest BCUT2D eigenvalue weighted by Crippen LogP contribution is 2.14. The molecule has 0 unspecified atom stereocenters. The number of rotatable bonds is 2. The van der Waals surface area contributed by atoms with E-state index in [0.29, 0.717) is 0 Å². The van der Waals surface area contributed by atoms with Crippen LogP contribution in [-0.4, -0.2) is 53.7 Å². The molecule has 15 heavy (non-hydrogen) atoms. The van der Waals surface area contributed by atoms with Gasteiger partial charge in [0.25, 0.3) is 0 Å². The van der Waals surface area contributed by atoms with Crippen molar-refractivity contribution in [1.82, 2.24) is 4.90 Å². The molecule has 0 spiro atoms. The normalized spacial score (nSPS) is 18.6. The van der Waals surface area contributed by atoms with E-state index in [9.17, 15) is 0 Å². The van der Waals surface area contributed by atoms with Crippen LogP contribution in [0.15, 0.2) is 12.4 Å². The molecule has 0 amide bonds. The number of hydrogen-bond acceptors (Lipinski definition) is 3. The first-order valence-corrected chi connectivity index (χ1v) is 6.07. The SMILES string of the molecule is CC[N+]1(CC)C=CN(C)C1.O=S(=O)(O)O.